The van der Waals surface area contributed by atoms with E-state index in [0.717, 1.165) is 0 Å². The Bertz CT molecular complexity index is 160. The summed E-state index contributed by atoms with van der Waals surface area (Å²) >= 11 is 0. The van der Waals surface area contributed by atoms with Crippen molar-refractivity contribution < 1.29 is 41.2 Å². The molecule has 0 atom stereocenters. The van der Waals surface area contributed by atoms with Gasteiger partial charge in [-0.25, -0.2) is 0 Å². The summed E-state index contributed by atoms with van der Waals surface area (Å²) in [6, 6.07) is 0. The van der Waals surface area contributed by atoms with Crippen LogP contribution in [0.5, 0.6) is 0 Å². The molecule has 6 heteroatoms. The Morgan fingerprint density at radius 2 is 2.00 bits per heavy atom. The predicted molar refractivity (Wildman–Crippen MR) is 41.1 cm³/mol. The van der Waals surface area contributed by atoms with E-state index in [1.165, 1.54) is 5.01 Å². The molecule has 0 rings (SSSR count). The van der Waals surface area contributed by atoms with Gasteiger partial charge in [0.2, 0.25) is 5.28 Å². The maximum absolute atomic E-state index is 10.8. The first kappa shape index (κ1) is 14.5. The van der Waals surface area contributed by atoms with E-state index in [4.69, 9.17) is 5.21 Å². The Balaban J connectivity index is -0.000000500. The third kappa shape index (κ3) is 4.13. The second kappa shape index (κ2) is 5.61. The van der Waals surface area contributed by atoms with Crippen LogP contribution in [-0.4, -0.2) is 27.3 Å². The molecule has 0 aromatic heterocycles. The van der Waals surface area contributed by atoms with Gasteiger partial charge < -0.3 is 11.8 Å². The first-order chi connectivity index (χ1) is 4.93. The zero-order valence-corrected chi connectivity index (χ0v) is 10.4. The molecule has 0 heterocycles. The predicted octanol–water partition coefficient (Wildman–Crippen LogP) is -1.51. The van der Waals surface area contributed by atoms with Crippen molar-refractivity contribution >= 4 is 0 Å². The molecule has 5 nitrogen and oxygen atoms in total. The molecular weight excluding hydrogens is 169 g/mol. The maximum atomic E-state index is 10.8. The molecule has 68 valence electrons. The average Bonchev–Trinajstić information content (AvgIpc) is 1.86. The summed E-state index contributed by atoms with van der Waals surface area (Å²) in [5.74, 6) is 0. The molecule has 12 heavy (non-hydrogen) atoms. The topological polar surface area (TPSA) is 61.9 Å². The Morgan fingerprint density at radius 3 is 2.08 bits per heavy atom. The van der Waals surface area contributed by atoms with Crippen LogP contribution < -0.4 is 29.6 Å². The number of rotatable bonds is 2. The van der Waals surface area contributed by atoms with Crippen LogP contribution in [0.15, 0.2) is 5.28 Å². The molecule has 0 bridgehead atoms. The molecule has 0 fully saturated rings. The summed E-state index contributed by atoms with van der Waals surface area (Å²) in [7, 11) is 0. The molecule has 1 N–H and O–H groups in total. The average molecular weight is 185 g/mol. The number of hydrogen-bond donors (Lipinski definition) is 1. The van der Waals surface area contributed by atoms with Crippen LogP contribution >= 0.6 is 0 Å². The van der Waals surface area contributed by atoms with Crippen LogP contribution in [0.4, 0.5) is 0 Å². The first-order valence-electron chi connectivity index (χ1n) is 3.53. The largest absolute Gasteiger partial charge is 1.00 e. The van der Waals surface area contributed by atoms with Gasteiger partial charge in [-0.05, 0) is 27.7 Å². The van der Waals surface area contributed by atoms with E-state index in [2.05, 4.69) is 5.28 Å². The summed E-state index contributed by atoms with van der Waals surface area (Å²) in [5, 5.41) is 22.9. The number of nitrogens with zero attached hydrogens (tertiary/aromatic N) is 3. The van der Waals surface area contributed by atoms with Gasteiger partial charge in [-0.2, -0.15) is 0 Å². The van der Waals surface area contributed by atoms with Gasteiger partial charge in [-0.3, -0.25) is 0 Å². The molecule has 0 aliphatic rings. The van der Waals surface area contributed by atoms with Crippen molar-refractivity contribution in [3.05, 3.63) is 5.21 Å². The van der Waals surface area contributed by atoms with Gasteiger partial charge in [-0.1, -0.05) is 0 Å². The van der Waals surface area contributed by atoms with Crippen LogP contribution in [0.25, 0.3) is 0 Å². The Kier molecular flexibility index (Phi) is 6.79. The van der Waals surface area contributed by atoms with Crippen molar-refractivity contribution in [3.63, 3.8) is 0 Å². The van der Waals surface area contributed by atoms with Gasteiger partial charge in [0.1, 0.15) is 0 Å². The van der Waals surface area contributed by atoms with E-state index in [1.807, 2.05) is 27.7 Å². The monoisotopic (exact) mass is 185 g/mol. The van der Waals surface area contributed by atoms with Crippen molar-refractivity contribution in [3.8, 4) is 0 Å². The fourth-order valence-corrected chi connectivity index (χ4v) is 0.900. The molecule has 0 amide bonds. The molecule has 0 saturated heterocycles. The van der Waals surface area contributed by atoms with Gasteiger partial charge in [0.15, 0.2) is 0 Å². The Labute approximate surface area is 96.3 Å². The minimum atomic E-state index is -0.317. The molecule has 0 aliphatic heterocycles. The Morgan fingerprint density at radius 1 is 1.58 bits per heavy atom. The fourth-order valence-electron chi connectivity index (χ4n) is 0.900. The van der Waals surface area contributed by atoms with Crippen LogP contribution in [0.2, 0.25) is 0 Å². The quantitative estimate of drug-likeness (QED) is 0.246. The standard InChI is InChI=1S/C6H15N3O2.Na.H/c1-5-8(6(2,3)4)9(11)7-10;;/h10H,5H2,1-4H3;;/q;+1;-1. The zero-order chi connectivity index (χ0) is 9.07. The van der Waals surface area contributed by atoms with Crippen molar-refractivity contribution in [1.82, 2.24) is 5.01 Å². The minimum Gasteiger partial charge on any atom is -1.00 e. The van der Waals surface area contributed by atoms with Crippen LogP contribution in [-0.2, 0) is 0 Å². The molecule has 0 aliphatic carbocycles. The maximum Gasteiger partial charge on any atom is 1.00 e. The van der Waals surface area contributed by atoms with Crippen molar-refractivity contribution in [2.75, 3.05) is 6.54 Å². The van der Waals surface area contributed by atoms with E-state index >= 15 is 0 Å². The summed E-state index contributed by atoms with van der Waals surface area (Å²) < 4.78 is 0. The zero-order valence-electron chi connectivity index (χ0n) is 9.40. The van der Waals surface area contributed by atoms with Crippen molar-refractivity contribution in [2.24, 2.45) is 5.28 Å². The summed E-state index contributed by atoms with van der Waals surface area (Å²) in [4.78, 5) is 0.194. The summed E-state index contributed by atoms with van der Waals surface area (Å²) in [5.41, 5.74) is -0.317. The second-order valence-corrected chi connectivity index (χ2v) is 3.23. The van der Waals surface area contributed by atoms with Gasteiger partial charge in [0.05, 0.1) is 17.1 Å². The van der Waals surface area contributed by atoms with Crippen LogP contribution in [0.1, 0.15) is 29.1 Å². The van der Waals surface area contributed by atoms with Gasteiger partial charge in [0, 0.05) is 0 Å². The van der Waals surface area contributed by atoms with E-state index in [-0.39, 0.29) is 41.5 Å². The SMILES string of the molecule is CCN([N+]([O-])=NO)C(C)(C)C.[H-].[Na+]. The van der Waals surface area contributed by atoms with Gasteiger partial charge in [0.25, 0.3) is 0 Å². The minimum absolute atomic E-state index is 0. The van der Waals surface area contributed by atoms with E-state index in [9.17, 15) is 5.21 Å². The van der Waals surface area contributed by atoms with Crippen LogP contribution in [0, 0.1) is 5.21 Å². The fraction of sp³-hybridized carbons (Fsp3) is 1.00. The normalized spacial score (nSPS) is 12.2. The molecule has 0 saturated carbocycles. The molecule has 0 aromatic carbocycles. The number of hydrazine groups is 1. The van der Waals surface area contributed by atoms with E-state index in [1.54, 1.807) is 0 Å². The van der Waals surface area contributed by atoms with E-state index in [0.29, 0.717) is 6.54 Å². The molecular formula is C6H16N3NaO2. The molecule has 0 aromatic rings. The van der Waals surface area contributed by atoms with Gasteiger partial charge >= 0.3 is 29.6 Å². The summed E-state index contributed by atoms with van der Waals surface area (Å²) in [6.07, 6.45) is 0. The smallest absolute Gasteiger partial charge is 1.00 e. The first-order valence-corrected chi connectivity index (χ1v) is 3.53. The van der Waals surface area contributed by atoms with Crippen molar-refractivity contribution in [1.29, 1.82) is 0 Å². The van der Waals surface area contributed by atoms with Crippen LogP contribution in [0.3, 0.4) is 0 Å². The Hall–Kier alpha value is 0. The summed E-state index contributed by atoms with van der Waals surface area (Å²) in [6.45, 7) is 7.93. The molecule has 0 spiro atoms. The third-order valence-corrected chi connectivity index (χ3v) is 1.36. The molecule has 0 radical (unpaired) electrons. The second-order valence-electron chi connectivity index (χ2n) is 3.23. The van der Waals surface area contributed by atoms with E-state index < -0.39 is 0 Å². The van der Waals surface area contributed by atoms with Gasteiger partial charge in [-0.15, -0.1) is 5.01 Å². The molecule has 0 unspecified atom stereocenters. The van der Waals surface area contributed by atoms with Crippen molar-refractivity contribution in [2.45, 2.75) is 33.2 Å². The number of hydrogen-bond acceptors (Lipinski definition) is 2. The third-order valence-electron chi connectivity index (χ3n) is 1.36.